The van der Waals surface area contributed by atoms with Gasteiger partial charge >= 0.3 is 0 Å². The normalized spacial score (nSPS) is 18.8. The maximum Gasteiger partial charge on any atom is 0.167 e. The van der Waals surface area contributed by atoms with E-state index < -0.39 is 5.82 Å². The zero-order valence-electron chi connectivity index (χ0n) is 12.9. The summed E-state index contributed by atoms with van der Waals surface area (Å²) in [5.41, 5.74) is 7.33. The molecule has 2 rings (SSSR count). The first-order valence-corrected chi connectivity index (χ1v) is 7.61. The summed E-state index contributed by atoms with van der Waals surface area (Å²) in [5.74, 6) is 0.387. The molecule has 1 aliphatic rings. The van der Waals surface area contributed by atoms with E-state index >= 15 is 0 Å². The third-order valence-corrected chi connectivity index (χ3v) is 3.80. The number of piperidine rings is 1. The van der Waals surface area contributed by atoms with E-state index in [2.05, 4.69) is 4.90 Å². The first-order valence-electron chi connectivity index (χ1n) is 7.61. The molecule has 2 N–H and O–H groups in total. The van der Waals surface area contributed by atoms with E-state index in [0.29, 0.717) is 18.2 Å². The molecule has 0 spiro atoms. The predicted molar refractivity (Wildman–Crippen MR) is 83.4 cm³/mol. The maximum atomic E-state index is 13.9. The molecule has 1 fully saturated rings. The van der Waals surface area contributed by atoms with E-state index in [-0.39, 0.29) is 5.75 Å². The monoisotopic (exact) mass is 296 g/mol. The Kier molecular flexibility index (Phi) is 5.67. The van der Waals surface area contributed by atoms with Gasteiger partial charge in [0.15, 0.2) is 11.6 Å². The average Bonchev–Trinajstić information content (AvgIpc) is 2.47. The van der Waals surface area contributed by atoms with Crippen LogP contribution in [0.5, 0.6) is 5.75 Å². The minimum atomic E-state index is -0.393. The zero-order chi connectivity index (χ0) is 15.2. The zero-order valence-corrected chi connectivity index (χ0v) is 12.9. The van der Waals surface area contributed by atoms with Crippen molar-refractivity contribution in [2.24, 2.45) is 5.92 Å². The Bertz CT molecular complexity index is 466. The molecule has 0 aliphatic carbocycles. The highest BCUT2D eigenvalue weighted by Gasteiger charge is 2.22. The van der Waals surface area contributed by atoms with Crippen molar-refractivity contribution in [2.75, 3.05) is 44.0 Å². The molecule has 0 radical (unpaired) electrons. The Labute approximate surface area is 126 Å². The molecule has 1 aromatic carbocycles. The number of benzene rings is 1. The lowest BCUT2D eigenvalue weighted by Gasteiger charge is -2.35. The third kappa shape index (κ3) is 4.00. The summed E-state index contributed by atoms with van der Waals surface area (Å²) in [6, 6.07) is 3.09. The van der Waals surface area contributed by atoms with Crippen LogP contribution in [0.25, 0.3) is 0 Å². The molecule has 1 atom stereocenters. The van der Waals surface area contributed by atoms with Gasteiger partial charge < -0.3 is 20.1 Å². The number of halogens is 1. The lowest BCUT2D eigenvalue weighted by atomic mass is 9.98. The molecule has 1 unspecified atom stereocenters. The van der Waals surface area contributed by atoms with Gasteiger partial charge in [0, 0.05) is 32.3 Å². The Balaban J connectivity index is 2.17. The van der Waals surface area contributed by atoms with Crippen LogP contribution in [0.4, 0.5) is 15.8 Å². The Morgan fingerprint density at radius 1 is 1.43 bits per heavy atom. The fraction of sp³-hybridized carbons (Fsp3) is 0.625. The fourth-order valence-corrected chi connectivity index (χ4v) is 2.81. The van der Waals surface area contributed by atoms with Gasteiger partial charge in [0.25, 0.3) is 0 Å². The van der Waals surface area contributed by atoms with Gasteiger partial charge in [0.05, 0.1) is 24.6 Å². The van der Waals surface area contributed by atoms with Crippen LogP contribution in [-0.4, -0.2) is 33.4 Å². The molecule has 21 heavy (non-hydrogen) atoms. The quantitative estimate of drug-likeness (QED) is 0.820. The number of hydrogen-bond donors (Lipinski definition) is 1. The molecule has 1 heterocycles. The Morgan fingerprint density at radius 3 is 2.95 bits per heavy atom. The summed E-state index contributed by atoms with van der Waals surface area (Å²) < 4.78 is 24.6. The van der Waals surface area contributed by atoms with Crippen LogP contribution in [0.1, 0.15) is 26.2 Å². The molecular formula is C16H25FN2O2. The SMILES string of the molecule is CCCOc1cc(N2CCCC(COC)C2)c(N)cc1F. The highest BCUT2D eigenvalue weighted by Crippen LogP contribution is 2.33. The lowest BCUT2D eigenvalue weighted by Crippen LogP contribution is -2.37. The van der Waals surface area contributed by atoms with Crippen LogP contribution in [0.3, 0.4) is 0 Å². The molecule has 0 amide bonds. The highest BCUT2D eigenvalue weighted by atomic mass is 19.1. The van der Waals surface area contributed by atoms with Crippen molar-refractivity contribution in [1.82, 2.24) is 0 Å². The molecule has 1 aromatic rings. The minimum Gasteiger partial charge on any atom is -0.490 e. The molecule has 0 saturated carbocycles. The standard InChI is InChI=1S/C16H25FN2O2/c1-3-7-21-16-9-15(14(18)8-13(16)17)19-6-4-5-12(10-19)11-20-2/h8-9,12H,3-7,10-11,18H2,1-2H3. The van der Waals surface area contributed by atoms with Gasteiger partial charge in [-0.25, -0.2) is 4.39 Å². The van der Waals surface area contributed by atoms with Crippen molar-refractivity contribution in [1.29, 1.82) is 0 Å². The summed E-state index contributed by atoms with van der Waals surface area (Å²) in [6.45, 7) is 5.07. The van der Waals surface area contributed by atoms with Gasteiger partial charge in [0.2, 0.25) is 0 Å². The summed E-state index contributed by atoms with van der Waals surface area (Å²) in [7, 11) is 1.72. The molecule has 4 nitrogen and oxygen atoms in total. The van der Waals surface area contributed by atoms with Gasteiger partial charge in [-0.3, -0.25) is 0 Å². The van der Waals surface area contributed by atoms with Gasteiger partial charge in [-0.05, 0) is 25.2 Å². The van der Waals surface area contributed by atoms with Gasteiger partial charge in [-0.1, -0.05) is 6.92 Å². The second kappa shape index (κ2) is 7.50. The van der Waals surface area contributed by atoms with Crippen molar-refractivity contribution in [2.45, 2.75) is 26.2 Å². The molecule has 1 saturated heterocycles. The van der Waals surface area contributed by atoms with Crippen LogP contribution in [-0.2, 0) is 4.74 Å². The minimum absolute atomic E-state index is 0.287. The largest absolute Gasteiger partial charge is 0.490 e. The number of rotatable bonds is 6. The van der Waals surface area contributed by atoms with Crippen molar-refractivity contribution in [3.8, 4) is 5.75 Å². The number of hydrogen-bond acceptors (Lipinski definition) is 4. The van der Waals surface area contributed by atoms with E-state index in [0.717, 1.165) is 44.6 Å². The third-order valence-electron chi connectivity index (χ3n) is 3.80. The van der Waals surface area contributed by atoms with Crippen LogP contribution in [0.2, 0.25) is 0 Å². The van der Waals surface area contributed by atoms with Crippen LogP contribution in [0.15, 0.2) is 12.1 Å². The molecule has 0 aromatic heterocycles. The Morgan fingerprint density at radius 2 is 2.24 bits per heavy atom. The van der Waals surface area contributed by atoms with E-state index in [1.54, 1.807) is 13.2 Å². The van der Waals surface area contributed by atoms with Crippen LogP contribution in [0, 0.1) is 11.7 Å². The lowest BCUT2D eigenvalue weighted by molar-refractivity contribution is 0.143. The summed E-state index contributed by atoms with van der Waals surface area (Å²) >= 11 is 0. The van der Waals surface area contributed by atoms with Crippen molar-refractivity contribution >= 4 is 11.4 Å². The van der Waals surface area contributed by atoms with Crippen molar-refractivity contribution in [3.63, 3.8) is 0 Å². The number of nitrogen functional groups attached to an aromatic ring is 1. The number of nitrogens with zero attached hydrogens (tertiary/aromatic N) is 1. The van der Waals surface area contributed by atoms with Gasteiger partial charge in [-0.2, -0.15) is 0 Å². The first kappa shape index (κ1) is 15.9. The molecule has 118 valence electrons. The molecule has 1 aliphatic heterocycles. The van der Waals surface area contributed by atoms with Crippen molar-refractivity contribution in [3.05, 3.63) is 17.9 Å². The summed E-state index contributed by atoms with van der Waals surface area (Å²) in [4.78, 5) is 2.21. The number of ether oxygens (including phenoxy) is 2. The van der Waals surface area contributed by atoms with Gasteiger partial charge in [-0.15, -0.1) is 0 Å². The fourth-order valence-electron chi connectivity index (χ4n) is 2.81. The molecule has 5 heteroatoms. The average molecular weight is 296 g/mol. The first-order chi connectivity index (χ1) is 10.2. The van der Waals surface area contributed by atoms with Crippen LogP contribution < -0.4 is 15.4 Å². The number of anilines is 2. The second-order valence-corrected chi connectivity index (χ2v) is 5.60. The number of nitrogens with two attached hydrogens (primary N) is 1. The maximum absolute atomic E-state index is 13.9. The smallest absolute Gasteiger partial charge is 0.167 e. The van der Waals surface area contributed by atoms with E-state index in [9.17, 15) is 4.39 Å². The topological polar surface area (TPSA) is 47.7 Å². The number of methoxy groups -OCH3 is 1. The summed E-state index contributed by atoms with van der Waals surface area (Å²) in [5, 5.41) is 0. The molecular weight excluding hydrogens is 271 g/mol. The molecule has 0 bridgehead atoms. The Hall–Kier alpha value is -1.49. The van der Waals surface area contributed by atoms with E-state index in [4.69, 9.17) is 15.2 Å². The van der Waals surface area contributed by atoms with Crippen LogP contribution >= 0.6 is 0 Å². The van der Waals surface area contributed by atoms with Crippen molar-refractivity contribution < 1.29 is 13.9 Å². The highest BCUT2D eigenvalue weighted by molar-refractivity contribution is 5.70. The second-order valence-electron chi connectivity index (χ2n) is 5.60. The van der Waals surface area contributed by atoms with Gasteiger partial charge in [0.1, 0.15) is 0 Å². The van der Waals surface area contributed by atoms with E-state index in [1.165, 1.54) is 6.07 Å². The predicted octanol–water partition coefficient (Wildman–Crippen LogP) is 3.06. The summed E-state index contributed by atoms with van der Waals surface area (Å²) in [6.07, 6.45) is 3.10. The van der Waals surface area contributed by atoms with E-state index in [1.807, 2.05) is 6.92 Å².